The topological polar surface area (TPSA) is 17.0 Å². The van der Waals surface area contributed by atoms with E-state index in [-0.39, 0.29) is 0 Å². The summed E-state index contributed by atoms with van der Waals surface area (Å²) < 4.78 is 2.31. The van der Waals surface area contributed by atoms with Gasteiger partial charge in [-0.2, -0.15) is 0 Å². The fourth-order valence-corrected chi connectivity index (χ4v) is 4.31. The third-order valence-electron chi connectivity index (χ3n) is 5.39. The predicted molar refractivity (Wildman–Crippen MR) is 111 cm³/mol. The summed E-state index contributed by atoms with van der Waals surface area (Å²) in [6.07, 6.45) is 9.00. The van der Waals surface area contributed by atoms with E-state index in [0.717, 1.165) is 18.7 Å². The van der Waals surface area contributed by atoms with Crippen LogP contribution in [0, 0.1) is 0 Å². The molecule has 0 radical (unpaired) electrons. The number of halogens is 2. The van der Waals surface area contributed by atoms with Crippen LogP contribution in [0.4, 0.5) is 0 Å². The number of fused-ring (bicyclic) bond motifs is 1. The first-order chi connectivity index (χ1) is 12.7. The lowest BCUT2D eigenvalue weighted by molar-refractivity contribution is 0.372. The van der Waals surface area contributed by atoms with Gasteiger partial charge in [0.15, 0.2) is 0 Å². The number of para-hydroxylation sites is 1. The maximum absolute atomic E-state index is 6.19. The lowest BCUT2D eigenvalue weighted by atomic mass is 9.95. The molecule has 136 valence electrons. The van der Waals surface area contributed by atoms with E-state index in [9.17, 15) is 0 Å². The lowest BCUT2D eigenvalue weighted by Gasteiger charge is -2.22. The second-order valence-corrected chi connectivity index (χ2v) is 8.08. The normalized spacial score (nSPS) is 15.6. The molecule has 4 heteroatoms. The minimum absolute atomic E-state index is 0.602. The molecule has 0 atom stereocenters. The largest absolute Gasteiger partial charge is 0.343 e. The standard InChI is InChI=1S/C22H24Cl2N2/c23-20-11-10-16(12-21(20)24)14-26-15-17(19-8-4-5-9-22(19)26)13-25-18-6-2-1-3-7-18/h4-5,8-12,15,18,25H,1-3,6-7,13-14H2. The van der Waals surface area contributed by atoms with Crippen molar-refractivity contribution < 1.29 is 0 Å². The molecule has 0 aliphatic heterocycles. The second kappa shape index (κ2) is 8.04. The van der Waals surface area contributed by atoms with Gasteiger partial charge < -0.3 is 9.88 Å². The van der Waals surface area contributed by atoms with E-state index in [1.54, 1.807) is 0 Å². The molecule has 3 aromatic rings. The summed E-state index contributed by atoms with van der Waals surface area (Å²) in [4.78, 5) is 0. The Morgan fingerprint density at radius 1 is 0.962 bits per heavy atom. The van der Waals surface area contributed by atoms with E-state index in [0.29, 0.717) is 16.1 Å². The van der Waals surface area contributed by atoms with Crippen molar-refractivity contribution in [3.8, 4) is 0 Å². The van der Waals surface area contributed by atoms with Crippen LogP contribution in [0.25, 0.3) is 10.9 Å². The molecular weight excluding hydrogens is 363 g/mol. The minimum atomic E-state index is 0.602. The van der Waals surface area contributed by atoms with E-state index in [1.165, 1.54) is 48.6 Å². The summed E-state index contributed by atoms with van der Waals surface area (Å²) in [7, 11) is 0. The number of rotatable bonds is 5. The van der Waals surface area contributed by atoms with Gasteiger partial charge in [-0.05, 0) is 42.2 Å². The zero-order valence-corrected chi connectivity index (χ0v) is 16.4. The molecule has 0 spiro atoms. The summed E-state index contributed by atoms with van der Waals surface area (Å²) in [6.45, 7) is 1.72. The predicted octanol–water partition coefficient (Wildman–Crippen LogP) is 6.42. The lowest BCUT2D eigenvalue weighted by Crippen LogP contribution is -2.30. The molecular formula is C22H24Cl2N2. The van der Waals surface area contributed by atoms with E-state index >= 15 is 0 Å². The van der Waals surface area contributed by atoms with Gasteiger partial charge in [0.05, 0.1) is 10.0 Å². The van der Waals surface area contributed by atoms with Crippen LogP contribution < -0.4 is 5.32 Å². The van der Waals surface area contributed by atoms with Crippen molar-refractivity contribution in [3.63, 3.8) is 0 Å². The number of benzene rings is 2. The molecule has 0 amide bonds. The van der Waals surface area contributed by atoms with Gasteiger partial charge >= 0.3 is 0 Å². The van der Waals surface area contributed by atoms with Crippen LogP contribution in [0.3, 0.4) is 0 Å². The van der Waals surface area contributed by atoms with Crippen molar-refractivity contribution in [3.05, 3.63) is 69.8 Å². The second-order valence-electron chi connectivity index (χ2n) is 7.26. The fourth-order valence-electron chi connectivity index (χ4n) is 3.99. The quantitative estimate of drug-likeness (QED) is 0.535. The van der Waals surface area contributed by atoms with Crippen molar-refractivity contribution in [2.45, 2.75) is 51.2 Å². The van der Waals surface area contributed by atoms with Crippen LogP contribution in [0.1, 0.15) is 43.2 Å². The molecule has 0 bridgehead atoms. The fraction of sp³-hybridized carbons (Fsp3) is 0.364. The Balaban J connectivity index is 1.57. The van der Waals surface area contributed by atoms with E-state index < -0.39 is 0 Å². The highest BCUT2D eigenvalue weighted by Crippen LogP contribution is 2.26. The summed E-state index contributed by atoms with van der Waals surface area (Å²) in [6, 6.07) is 15.2. The highest BCUT2D eigenvalue weighted by molar-refractivity contribution is 6.42. The minimum Gasteiger partial charge on any atom is -0.343 e. The summed E-state index contributed by atoms with van der Waals surface area (Å²) in [5.74, 6) is 0. The Morgan fingerprint density at radius 2 is 1.77 bits per heavy atom. The maximum atomic E-state index is 6.19. The maximum Gasteiger partial charge on any atom is 0.0595 e. The Morgan fingerprint density at radius 3 is 2.58 bits per heavy atom. The monoisotopic (exact) mass is 386 g/mol. The number of nitrogens with zero attached hydrogens (tertiary/aromatic N) is 1. The van der Waals surface area contributed by atoms with Gasteiger partial charge in [0.25, 0.3) is 0 Å². The highest BCUT2D eigenvalue weighted by Gasteiger charge is 2.14. The molecule has 0 unspecified atom stereocenters. The average Bonchev–Trinajstić information content (AvgIpc) is 3.02. The summed E-state index contributed by atoms with van der Waals surface area (Å²) >= 11 is 12.2. The van der Waals surface area contributed by atoms with Gasteiger partial charge in [-0.25, -0.2) is 0 Å². The number of hydrogen-bond donors (Lipinski definition) is 1. The Bertz CT molecular complexity index is 894. The van der Waals surface area contributed by atoms with Gasteiger partial charge in [-0.15, -0.1) is 0 Å². The van der Waals surface area contributed by atoms with Crippen LogP contribution in [0.15, 0.2) is 48.7 Å². The van der Waals surface area contributed by atoms with Crippen LogP contribution in [-0.4, -0.2) is 10.6 Å². The molecule has 1 aromatic heterocycles. The third kappa shape index (κ3) is 3.93. The van der Waals surface area contributed by atoms with Gasteiger partial charge in [0, 0.05) is 36.2 Å². The molecule has 1 aliphatic rings. The third-order valence-corrected chi connectivity index (χ3v) is 6.13. The highest BCUT2D eigenvalue weighted by atomic mass is 35.5. The Labute approximate surface area is 165 Å². The molecule has 2 aromatic carbocycles. The number of hydrogen-bond acceptors (Lipinski definition) is 1. The van der Waals surface area contributed by atoms with Gasteiger partial charge in [0.1, 0.15) is 0 Å². The van der Waals surface area contributed by atoms with Crippen LogP contribution >= 0.6 is 23.2 Å². The first-order valence-electron chi connectivity index (χ1n) is 9.45. The zero-order chi connectivity index (χ0) is 17.9. The molecule has 26 heavy (non-hydrogen) atoms. The molecule has 4 rings (SSSR count). The first kappa shape index (κ1) is 17.9. The molecule has 1 aliphatic carbocycles. The average molecular weight is 387 g/mol. The van der Waals surface area contributed by atoms with Gasteiger partial charge in [-0.1, -0.05) is 66.7 Å². The number of aromatic nitrogens is 1. The smallest absolute Gasteiger partial charge is 0.0595 e. The molecule has 1 fully saturated rings. The molecule has 2 nitrogen and oxygen atoms in total. The van der Waals surface area contributed by atoms with E-state index in [4.69, 9.17) is 23.2 Å². The number of nitrogens with one attached hydrogen (secondary N) is 1. The molecule has 1 N–H and O–H groups in total. The first-order valence-corrected chi connectivity index (χ1v) is 10.2. The molecule has 0 saturated heterocycles. The van der Waals surface area contributed by atoms with Crippen molar-refractivity contribution >= 4 is 34.1 Å². The van der Waals surface area contributed by atoms with Crippen LogP contribution in [0.2, 0.25) is 10.0 Å². The van der Waals surface area contributed by atoms with Crippen LogP contribution in [0.5, 0.6) is 0 Å². The Hall–Kier alpha value is -1.48. The van der Waals surface area contributed by atoms with E-state index in [2.05, 4.69) is 40.3 Å². The molecule has 1 heterocycles. The van der Waals surface area contributed by atoms with Crippen molar-refractivity contribution in [2.75, 3.05) is 0 Å². The van der Waals surface area contributed by atoms with Gasteiger partial charge in [0.2, 0.25) is 0 Å². The van der Waals surface area contributed by atoms with Crippen LogP contribution in [-0.2, 0) is 13.1 Å². The Kier molecular flexibility index (Phi) is 5.54. The van der Waals surface area contributed by atoms with Gasteiger partial charge in [-0.3, -0.25) is 0 Å². The van der Waals surface area contributed by atoms with Crippen molar-refractivity contribution in [1.29, 1.82) is 0 Å². The summed E-state index contributed by atoms with van der Waals surface area (Å²) in [5, 5.41) is 6.31. The van der Waals surface area contributed by atoms with E-state index in [1.807, 2.05) is 18.2 Å². The zero-order valence-electron chi connectivity index (χ0n) is 14.8. The summed E-state index contributed by atoms with van der Waals surface area (Å²) in [5.41, 5.74) is 3.79. The molecule has 1 saturated carbocycles. The van der Waals surface area contributed by atoms with Crippen molar-refractivity contribution in [1.82, 2.24) is 9.88 Å². The van der Waals surface area contributed by atoms with Crippen molar-refractivity contribution in [2.24, 2.45) is 0 Å². The SMILES string of the molecule is Clc1ccc(Cn2cc(CNC3CCCCC3)c3ccccc32)cc1Cl.